The predicted molar refractivity (Wildman–Crippen MR) is 311 cm³/mol. The number of pyridine rings is 1. The molecule has 2 aliphatic rings. The number of aromatic nitrogens is 2. The van der Waals surface area contributed by atoms with E-state index in [1.165, 1.54) is 11.1 Å². The Hall–Kier alpha value is -6.42. The smallest absolute Gasteiger partial charge is 0.135 e. The molecule has 3 heterocycles. The third-order valence-electron chi connectivity index (χ3n) is 14.9. The summed E-state index contributed by atoms with van der Waals surface area (Å²) in [5.74, 6) is 0.812. The summed E-state index contributed by atoms with van der Waals surface area (Å²) < 4.78 is 93.4. The first-order valence-electron chi connectivity index (χ1n) is 30.4. The number of ether oxygens (including phenoxy) is 1. The molecule has 2 aromatic heterocycles. The number of anilines is 4. The molecule has 11 rings (SSSR count). The molecule has 0 saturated carbocycles. The normalized spacial score (nSPS) is 17.0. The number of benzene rings is 7. The van der Waals surface area contributed by atoms with Crippen LogP contribution in [0, 0.1) is 31.6 Å². The summed E-state index contributed by atoms with van der Waals surface area (Å²) in [4.78, 5) is 8.85. The molecule has 9 aromatic rings. The largest absolute Gasteiger partial charge is 0.509 e. The Morgan fingerprint density at radius 3 is 2.12 bits per heavy atom. The zero-order valence-corrected chi connectivity index (χ0v) is 47.7. The maximum Gasteiger partial charge on any atom is 0.135 e. The molecule has 6 heteroatoms. The summed E-state index contributed by atoms with van der Waals surface area (Å²) in [5, 5.41) is 1.10. The van der Waals surface area contributed by atoms with Gasteiger partial charge in [0.1, 0.15) is 5.82 Å². The van der Waals surface area contributed by atoms with Crippen molar-refractivity contribution in [3.05, 3.63) is 198 Å². The summed E-state index contributed by atoms with van der Waals surface area (Å²) in [5.41, 5.74) is 9.23. The van der Waals surface area contributed by atoms with E-state index in [0.717, 1.165) is 35.3 Å². The number of fused-ring (bicyclic) bond motifs is 5. The maximum atomic E-state index is 10.0. The Kier molecular flexibility index (Phi) is 10.8. The van der Waals surface area contributed by atoms with Crippen LogP contribution in [0.25, 0.3) is 49.9 Å². The van der Waals surface area contributed by atoms with Gasteiger partial charge in [-0.05, 0) is 146 Å². The first-order chi connectivity index (χ1) is 38.8. The Bertz CT molecular complexity index is 4150. The molecular formula is C69H71N4OPt-3. The zero-order chi connectivity index (χ0) is 59.9. The fourth-order valence-corrected chi connectivity index (χ4v) is 10.7. The molecule has 0 unspecified atom stereocenters. The van der Waals surface area contributed by atoms with E-state index in [1.54, 1.807) is 25.3 Å². The van der Waals surface area contributed by atoms with Crippen LogP contribution in [0.3, 0.4) is 0 Å². The van der Waals surface area contributed by atoms with Gasteiger partial charge in [0.2, 0.25) is 0 Å². The molecule has 5 nitrogen and oxygen atoms in total. The number of para-hydroxylation sites is 2. The van der Waals surface area contributed by atoms with Gasteiger partial charge < -0.3 is 19.1 Å². The minimum atomic E-state index is -1.87. The average molecular weight is 1180 g/mol. The van der Waals surface area contributed by atoms with Crippen LogP contribution >= 0.6 is 0 Å². The van der Waals surface area contributed by atoms with E-state index < -0.39 is 17.7 Å². The number of hydrogen-bond acceptors (Lipinski definition) is 4. The third-order valence-corrected chi connectivity index (χ3v) is 14.9. The van der Waals surface area contributed by atoms with Gasteiger partial charge >= 0.3 is 0 Å². The first kappa shape index (κ1) is 41.8. The van der Waals surface area contributed by atoms with Crippen molar-refractivity contribution in [1.29, 1.82) is 0 Å². The van der Waals surface area contributed by atoms with Gasteiger partial charge in [0.05, 0.1) is 9.60 Å². The van der Waals surface area contributed by atoms with E-state index in [2.05, 4.69) is 78.8 Å². The van der Waals surface area contributed by atoms with Gasteiger partial charge in [0.25, 0.3) is 0 Å². The fraction of sp³-hybridized carbons (Fsp3) is 0.304. The van der Waals surface area contributed by atoms with E-state index in [1.807, 2.05) is 122 Å². The summed E-state index contributed by atoms with van der Waals surface area (Å²) in [6, 6.07) is 37.9. The first-order valence-corrected chi connectivity index (χ1v) is 25.9. The standard InChI is InChI=1S/C69H71N4O.Pt/c1-44(2)34-46-36-56(47-18-16-19-49(38-47)66(4,5)6)65(57(37-46)48-25-29-58-59(39-48)69(12,13)32-31-68(58,10)11)72-43-71(60-22-14-15-23-61(60)72)51-20-17-21-52(41-51)74-53-26-28-55-54-27-24-45(3)35-62(54)73(63(55)42-53)64-40-50(30-33-70-64)67(7,8)9;/h14-30,33,35-40,43-44H,31-32,34H2,1-13H3;/q-3;/i16D,18D,19D,24D,27D,34D2,35D,38D;. The third kappa shape index (κ3) is 9.76. The second kappa shape index (κ2) is 19.3. The summed E-state index contributed by atoms with van der Waals surface area (Å²) in [7, 11) is 0. The average Bonchev–Trinajstić information content (AvgIpc) is 1.60. The molecule has 75 heavy (non-hydrogen) atoms. The van der Waals surface area contributed by atoms with Crippen molar-refractivity contribution < 1.29 is 38.1 Å². The van der Waals surface area contributed by atoms with E-state index in [0.29, 0.717) is 78.3 Å². The predicted octanol–water partition coefficient (Wildman–Crippen LogP) is 18.8. The molecule has 0 bridgehead atoms. The van der Waals surface area contributed by atoms with Gasteiger partial charge in [0.15, 0.2) is 0 Å². The molecule has 0 N–H and O–H groups in total. The van der Waals surface area contributed by atoms with Gasteiger partial charge in [0, 0.05) is 75.2 Å². The van der Waals surface area contributed by atoms with Crippen molar-refractivity contribution in [1.82, 2.24) is 9.55 Å². The summed E-state index contributed by atoms with van der Waals surface area (Å²) in [6.45, 7) is 28.6. The second-order valence-corrected chi connectivity index (χ2v) is 23.9. The van der Waals surface area contributed by atoms with Crippen LogP contribution < -0.4 is 14.5 Å². The minimum Gasteiger partial charge on any atom is -0.509 e. The topological polar surface area (TPSA) is 33.5 Å². The van der Waals surface area contributed by atoms with E-state index in [9.17, 15) is 8.22 Å². The molecule has 1 aliphatic heterocycles. The Morgan fingerprint density at radius 2 is 1.40 bits per heavy atom. The van der Waals surface area contributed by atoms with Gasteiger partial charge in [-0.25, -0.2) is 4.98 Å². The Morgan fingerprint density at radius 1 is 0.707 bits per heavy atom. The zero-order valence-electron chi connectivity index (χ0n) is 54.4. The van der Waals surface area contributed by atoms with Crippen LogP contribution in [-0.4, -0.2) is 9.55 Å². The van der Waals surface area contributed by atoms with Gasteiger partial charge in [-0.15, -0.1) is 48.1 Å². The van der Waals surface area contributed by atoms with E-state index >= 15 is 0 Å². The Labute approximate surface area is 473 Å². The van der Waals surface area contributed by atoms with Gasteiger partial charge in [-0.2, -0.15) is 12.1 Å². The van der Waals surface area contributed by atoms with Crippen LogP contribution in [0.2, 0.25) is 0 Å². The van der Waals surface area contributed by atoms with Crippen LogP contribution in [-0.2, 0) is 49.1 Å². The minimum absolute atomic E-state index is 0. The maximum absolute atomic E-state index is 10.0. The number of nitrogens with zero attached hydrogens (tertiary/aromatic N) is 4. The summed E-state index contributed by atoms with van der Waals surface area (Å²) >= 11 is 0. The van der Waals surface area contributed by atoms with Gasteiger partial charge in [-0.1, -0.05) is 155 Å². The molecule has 0 radical (unpaired) electrons. The van der Waals surface area contributed by atoms with Crippen LogP contribution in [0.1, 0.15) is 142 Å². The summed E-state index contributed by atoms with van der Waals surface area (Å²) in [6.07, 6.45) is 1.89. The molecule has 1 aliphatic carbocycles. The molecular weight excluding hydrogens is 1100 g/mol. The van der Waals surface area contributed by atoms with Crippen molar-refractivity contribution in [3.63, 3.8) is 0 Å². The van der Waals surface area contributed by atoms with Crippen LogP contribution in [0.4, 0.5) is 22.7 Å². The molecule has 0 spiro atoms. The van der Waals surface area contributed by atoms with Crippen molar-refractivity contribution in [2.75, 3.05) is 9.80 Å². The van der Waals surface area contributed by atoms with Crippen molar-refractivity contribution in [3.8, 4) is 39.6 Å². The van der Waals surface area contributed by atoms with Crippen LogP contribution in [0.5, 0.6) is 11.5 Å². The molecule has 0 amide bonds. The quantitative estimate of drug-likeness (QED) is 0.135. The number of rotatable bonds is 9. The van der Waals surface area contributed by atoms with E-state index in [-0.39, 0.29) is 85.2 Å². The van der Waals surface area contributed by atoms with Crippen molar-refractivity contribution in [2.45, 2.75) is 131 Å². The fourth-order valence-electron chi connectivity index (χ4n) is 10.7. The van der Waals surface area contributed by atoms with E-state index in [4.69, 9.17) is 13.8 Å². The number of hydrogen-bond donors (Lipinski definition) is 0. The SMILES string of the molecule is [2H]c1c([2H])c(-c2cc(C([2H])([2H])C(C)C)cc(-c3ccc4c(c3)C(C)(C)CCC4(C)C)c2N2[CH-]N(c3[c-]c(Oc4[c-]c5c(cc4)c4c([2H])c([2H])c(C)c([2H])c4n5-c4cc(C(C)(C)C)ccn4)ccc3)c3ccccc32)c([2H])c(C(C)(C)C)c1[2H].[Pt]. The molecule has 0 saturated heterocycles. The van der Waals surface area contributed by atoms with Crippen LogP contribution in [0.15, 0.2) is 146 Å². The molecule has 0 atom stereocenters. The monoisotopic (exact) mass is 1180 g/mol. The van der Waals surface area contributed by atoms with Crippen molar-refractivity contribution >= 4 is 44.6 Å². The molecule has 7 aromatic carbocycles. The molecule has 386 valence electrons. The second-order valence-electron chi connectivity index (χ2n) is 23.9. The molecule has 0 fully saturated rings. The Balaban J connectivity index is 0.00000786. The van der Waals surface area contributed by atoms with Gasteiger partial charge in [-0.3, -0.25) is 0 Å². The van der Waals surface area contributed by atoms with Crippen molar-refractivity contribution in [2.24, 2.45) is 5.92 Å².